The lowest BCUT2D eigenvalue weighted by molar-refractivity contribution is 0.0697. The SMILES string of the molecule is CCOc1ccc(-c2c(C(=O)O)cc(O)c3cc4c(cc23)OCO4)cc1OCC. The Morgan fingerprint density at radius 1 is 0.966 bits per heavy atom. The number of aromatic hydroxyl groups is 1. The zero-order chi connectivity index (χ0) is 20.5. The van der Waals surface area contributed by atoms with Gasteiger partial charge in [-0.3, -0.25) is 0 Å². The molecule has 7 heteroatoms. The Morgan fingerprint density at radius 2 is 1.62 bits per heavy atom. The highest BCUT2D eigenvalue weighted by Gasteiger charge is 2.23. The van der Waals surface area contributed by atoms with Crippen molar-refractivity contribution in [2.75, 3.05) is 20.0 Å². The van der Waals surface area contributed by atoms with Crippen LogP contribution in [0.2, 0.25) is 0 Å². The minimum Gasteiger partial charge on any atom is -0.507 e. The second kappa shape index (κ2) is 7.43. The second-order valence-corrected chi connectivity index (χ2v) is 6.40. The molecule has 2 N–H and O–H groups in total. The van der Waals surface area contributed by atoms with E-state index in [1.807, 2.05) is 13.8 Å². The van der Waals surface area contributed by atoms with E-state index in [0.29, 0.717) is 58.1 Å². The Kier molecular flexibility index (Phi) is 4.80. The van der Waals surface area contributed by atoms with Crippen LogP contribution < -0.4 is 18.9 Å². The molecule has 1 aliphatic rings. The largest absolute Gasteiger partial charge is 0.507 e. The molecule has 1 heterocycles. The summed E-state index contributed by atoms with van der Waals surface area (Å²) in [5.41, 5.74) is 1.05. The lowest BCUT2D eigenvalue weighted by Gasteiger charge is -2.16. The zero-order valence-electron chi connectivity index (χ0n) is 16.0. The van der Waals surface area contributed by atoms with Crippen LogP contribution >= 0.6 is 0 Å². The van der Waals surface area contributed by atoms with Crippen molar-refractivity contribution in [3.8, 4) is 39.9 Å². The first-order valence-electron chi connectivity index (χ1n) is 9.26. The smallest absolute Gasteiger partial charge is 0.336 e. The van der Waals surface area contributed by atoms with Gasteiger partial charge < -0.3 is 29.2 Å². The molecule has 7 nitrogen and oxygen atoms in total. The van der Waals surface area contributed by atoms with E-state index in [0.717, 1.165) is 0 Å². The quantitative estimate of drug-likeness (QED) is 0.636. The normalized spacial score (nSPS) is 12.2. The third kappa shape index (κ3) is 3.24. The number of carboxylic acids is 1. The molecule has 0 atom stereocenters. The molecule has 0 aromatic heterocycles. The monoisotopic (exact) mass is 396 g/mol. The summed E-state index contributed by atoms with van der Waals surface area (Å²) in [6, 6.07) is 9.87. The van der Waals surface area contributed by atoms with Gasteiger partial charge in [0, 0.05) is 10.9 Å². The average molecular weight is 396 g/mol. The number of benzene rings is 3. The maximum absolute atomic E-state index is 12.0. The summed E-state index contributed by atoms with van der Waals surface area (Å²) in [5.74, 6) is 0.804. The molecule has 150 valence electrons. The lowest BCUT2D eigenvalue weighted by atomic mass is 9.92. The van der Waals surface area contributed by atoms with Crippen LogP contribution in [0, 0.1) is 0 Å². The van der Waals surface area contributed by atoms with Gasteiger partial charge in [0.2, 0.25) is 6.79 Å². The molecule has 4 rings (SSSR count). The van der Waals surface area contributed by atoms with Crippen molar-refractivity contribution < 1.29 is 34.0 Å². The van der Waals surface area contributed by atoms with Crippen LogP contribution in [0.15, 0.2) is 36.4 Å². The van der Waals surface area contributed by atoms with Crippen molar-refractivity contribution in [2.45, 2.75) is 13.8 Å². The molecular formula is C22H20O7. The lowest BCUT2D eigenvalue weighted by Crippen LogP contribution is -2.02. The Morgan fingerprint density at radius 3 is 2.28 bits per heavy atom. The molecular weight excluding hydrogens is 376 g/mol. The number of aromatic carboxylic acids is 1. The number of phenols is 1. The van der Waals surface area contributed by atoms with Gasteiger partial charge in [-0.05, 0) is 55.1 Å². The van der Waals surface area contributed by atoms with Crippen molar-refractivity contribution in [2.24, 2.45) is 0 Å². The topological polar surface area (TPSA) is 94.5 Å². The number of ether oxygens (including phenoxy) is 4. The molecule has 0 bridgehead atoms. The molecule has 29 heavy (non-hydrogen) atoms. The number of carbonyl (C=O) groups is 1. The second-order valence-electron chi connectivity index (χ2n) is 6.40. The predicted octanol–water partition coefficient (Wildman–Crippen LogP) is 4.44. The molecule has 0 unspecified atom stereocenters. The van der Waals surface area contributed by atoms with E-state index < -0.39 is 5.97 Å². The van der Waals surface area contributed by atoms with E-state index in [4.69, 9.17) is 18.9 Å². The fourth-order valence-electron chi connectivity index (χ4n) is 3.48. The summed E-state index contributed by atoms with van der Waals surface area (Å²) in [4.78, 5) is 12.0. The number of rotatable bonds is 6. The predicted molar refractivity (Wildman–Crippen MR) is 106 cm³/mol. The number of phenolic OH excluding ortho intramolecular Hbond substituents is 1. The highest BCUT2D eigenvalue weighted by molar-refractivity contribution is 6.10. The Bertz CT molecular complexity index is 1100. The average Bonchev–Trinajstić information content (AvgIpc) is 3.16. The maximum atomic E-state index is 12.0. The summed E-state index contributed by atoms with van der Waals surface area (Å²) in [5, 5.41) is 21.3. The fourth-order valence-corrected chi connectivity index (χ4v) is 3.48. The van der Waals surface area contributed by atoms with Gasteiger partial charge in [-0.1, -0.05) is 6.07 Å². The van der Waals surface area contributed by atoms with Crippen molar-refractivity contribution in [3.63, 3.8) is 0 Å². The van der Waals surface area contributed by atoms with Gasteiger partial charge in [0.05, 0.1) is 18.8 Å². The van der Waals surface area contributed by atoms with Gasteiger partial charge in [0.15, 0.2) is 23.0 Å². The van der Waals surface area contributed by atoms with Gasteiger partial charge in [0.25, 0.3) is 0 Å². The van der Waals surface area contributed by atoms with Gasteiger partial charge in [-0.25, -0.2) is 4.79 Å². The summed E-state index contributed by atoms with van der Waals surface area (Å²) < 4.78 is 22.2. The number of carboxylic acid groups (broad SMARTS) is 1. The molecule has 0 amide bonds. The Balaban J connectivity index is 2.01. The van der Waals surface area contributed by atoms with Crippen molar-refractivity contribution in [1.29, 1.82) is 0 Å². The number of hydrogen-bond acceptors (Lipinski definition) is 6. The third-order valence-electron chi connectivity index (χ3n) is 4.67. The molecule has 0 saturated carbocycles. The molecule has 0 spiro atoms. The van der Waals surface area contributed by atoms with Crippen LogP contribution in [-0.4, -0.2) is 36.2 Å². The van der Waals surface area contributed by atoms with Crippen LogP contribution in [0.5, 0.6) is 28.7 Å². The minimum atomic E-state index is -1.15. The van der Waals surface area contributed by atoms with Gasteiger partial charge in [-0.2, -0.15) is 0 Å². The fraction of sp³-hybridized carbons (Fsp3) is 0.227. The molecule has 3 aromatic carbocycles. The van der Waals surface area contributed by atoms with Gasteiger partial charge in [0.1, 0.15) is 5.75 Å². The summed E-state index contributed by atoms with van der Waals surface area (Å²) >= 11 is 0. The Hall–Kier alpha value is -3.61. The van der Waals surface area contributed by atoms with Crippen molar-refractivity contribution in [3.05, 3.63) is 42.0 Å². The first-order chi connectivity index (χ1) is 14.0. The summed E-state index contributed by atoms with van der Waals surface area (Å²) in [7, 11) is 0. The first-order valence-corrected chi connectivity index (χ1v) is 9.26. The van der Waals surface area contributed by atoms with Crippen LogP contribution in [0.25, 0.3) is 21.9 Å². The first kappa shape index (κ1) is 18.7. The van der Waals surface area contributed by atoms with Crippen LogP contribution in [0.4, 0.5) is 0 Å². The van der Waals surface area contributed by atoms with E-state index in [1.165, 1.54) is 6.07 Å². The van der Waals surface area contributed by atoms with E-state index in [2.05, 4.69) is 0 Å². The van der Waals surface area contributed by atoms with Crippen LogP contribution in [0.1, 0.15) is 24.2 Å². The molecule has 1 aliphatic heterocycles. The van der Waals surface area contributed by atoms with Crippen molar-refractivity contribution >= 4 is 16.7 Å². The zero-order valence-corrected chi connectivity index (χ0v) is 16.0. The summed E-state index contributed by atoms with van der Waals surface area (Å²) in [6.07, 6.45) is 0. The highest BCUT2D eigenvalue weighted by atomic mass is 16.7. The van der Waals surface area contributed by atoms with Crippen LogP contribution in [0.3, 0.4) is 0 Å². The molecule has 0 radical (unpaired) electrons. The van der Waals surface area contributed by atoms with E-state index in [-0.39, 0.29) is 18.1 Å². The molecule has 0 fully saturated rings. The maximum Gasteiger partial charge on any atom is 0.336 e. The number of fused-ring (bicyclic) bond motifs is 2. The van der Waals surface area contributed by atoms with E-state index in [9.17, 15) is 15.0 Å². The van der Waals surface area contributed by atoms with Gasteiger partial charge >= 0.3 is 5.97 Å². The number of hydrogen-bond donors (Lipinski definition) is 2. The third-order valence-corrected chi connectivity index (χ3v) is 4.67. The summed E-state index contributed by atoms with van der Waals surface area (Å²) in [6.45, 7) is 4.73. The standard InChI is InChI=1S/C22H20O7/c1-3-26-17-6-5-12(7-18(17)27-4-2)21-14-10-20-19(28-11-29-20)9-13(14)16(23)8-15(21)22(24)25/h5-10,23H,3-4,11H2,1-2H3,(H,24,25). The van der Waals surface area contributed by atoms with Crippen LogP contribution in [-0.2, 0) is 0 Å². The van der Waals surface area contributed by atoms with E-state index >= 15 is 0 Å². The molecule has 3 aromatic rings. The minimum absolute atomic E-state index is 0.0273. The molecule has 0 saturated heterocycles. The van der Waals surface area contributed by atoms with Crippen molar-refractivity contribution in [1.82, 2.24) is 0 Å². The molecule has 0 aliphatic carbocycles. The van der Waals surface area contributed by atoms with E-state index in [1.54, 1.807) is 30.3 Å². The highest BCUT2D eigenvalue weighted by Crippen LogP contribution is 2.45. The van der Waals surface area contributed by atoms with Gasteiger partial charge in [-0.15, -0.1) is 0 Å². The Labute approximate surface area is 167 Å².